The Morgan fingerprint density at radius 3 is 2.42 bits per heavy atom. The van der Waals surface area contributed by atoms with Crippen LogP contribution in [0.1, 0.15) is 0 Å². The standard InChI is InChI=1S/C16H15ClFNO5S2/c17-10-5-7-11(8-6-10)26(22,23)19-9-14(25)15(16(20)21)24-13-4-2-1-3-12(13)18/h1-8,14-15,19,25H,9H2,(H,20,21). The van der Waals surface area contributed by atoms with Gasteiger partial charge in [-0.05, 0) is 36.4 Å². The first-order valence-electron chi connectivity index (χ1n) is 7.28. The third kappa shape index (κ3) is 5.34. The van der Waals surface area contributed by atoms with Crippen molar-refractivity contribution in [2.75, 3.05) is 6.54 Å². The summed E-state index contributed by atoms with van der Waals surface area (Å²) in [6, 6.07) is 10.7. The zero-order chi connectivity index (χ0) is 19.3. The molecule has 0 radical (unpaired) electrons. The molecule has 2 unspecified atom stereocenters. The number of halogens is 2. The van der Waals surface area contributed by atoms with Gasteiger partial charge in [0, 0.05) is 11.6 Å². The van der Waals surface area contributed by atoms with Crippen LogP contribution >= 0.6 is 24.2 Å². The number of carbonyl (C=O) groups is 1. The Balaban J connectivity index is 2.08. The first kappa shape index (κ1) is 20.5. The van der Waals surface area contributed by atoms with Crippen LogP contribution in [0, 0.1) is 5.82 Å². The van der Waals surface area contributed by atoms with Crippen molar-refractivity contribution in [3.63, 3.8) is 0 Å². The summed E-state index contributed by atoms with van der Waals surface area (Å²) in [6.45, 7) is -0.348. The molecule has 10 heteroatoms. The largest absolute Gasteiger partial charge is 0.478 e. The molecule has 6 nitrogen and oxygen atoms in total. The number of nitrogens with one attached hydrogen (secondary N) is 1. The number of benzene rings is 2. The maximum Gasteiger partial charge on any atom is 0.346 e. The van der Waals surface area contributed by atoms with Gasteiger partial charge < -0.3 is 9.84 Å². The van der Waals surface area contributed by atoms with Crippen LogP contribution in [-0.4, -0.2) is 37.4 Å². The van der Waals surface area contributed by atoms with Gasteiger partial charge in [0.25, 0.3) is 0 Å². The van der Waals surface area contributed by atoms with Gasteiger partial charge in [0.1, 0.15) is 0 Å². The minimum Gasteiger partial charge on any atom is -0.478 e. The summed E-state index contributed by atoms with van der Waals surface area (Å²) in [6.07, 6.45) is -1.57. The van der Waals surface area contributed by atoms with Crippen molar-refractivity contribution < 1.29 is 27.4 Å². The van der Waals surface area contributed by atoms with Gasteiger partial charge in [-0.3, -0.25) is 0 Å². The molecule has 0 bridgehead atoms. The van der Waals surface area contributed by atoms with Crippen molar-refractivity contribution in [1.29, 1.82) is 0 Å². The monoisotopic (exact) mass is 419 g/mol. The number of carboxylic acids is 1. The van der Waals surface area contributed by atoms with E-state index in [2.05, 4.69) is 17.4 Å². The summed E-state index contributed by atoms with van der Waals surface area (Å²) >= 11 is 9.81. The number of thiol groups is 1. The lowest BCUT2D eigenvalue weighted by molar-refractivity contribution is -0.145. The third-order valence-corrected chi connectivity index (χ3v) is 5.43. The molecule has 0 saturated carbocycles. The van der Waals surface area contributed by atoms with Crippen LogP contribution in [0.2, 0.25) is 5.02 Å². The minimum atomic E-state index is -3.89. The van der Waals surface area contributed by atoms with Gasteiger partial charge in [-0.2, -0.15) is 12.6 Å². The lowest BCUT2D eigenvalue weighted by Gasteiger charge is -2.21. The average Bonchev–Trinajstić information content (AvgIpc) is 2.59. The molecule has 26 heavy (non-hydrogen) atoms. The lowest BCUT2D eigenvalue weighted by Crippen LogP contribution is -2.43. The van der Waals surface area contributed by atoms with Crippen LogP contribution in [-0.2, 0) is 14.8 Å². The highest BCUT2D eigenvalue weighted by atomic mass is 35.5. The molecule has 2 N–H and O–H groups in total. The van der Waals surface area contributed by atoms with Gasteiger partial charge in [-0.15, -0.1) is 0 Å². The molecule has 0 fully saturated rings. The van der Waals surface area contributed by atoms with Crippen molar-refractivity contribution in [1.82, 2.24) is 4.72 Å². The Labute approximate surface area is 160 Å². The van der Waals surface area contributed by atoms with Crippen LogP contribution in [0.25, 0.3) is 0 Å². The zero-order valence-corrected chi connectivity index (χ0v) is 15.6. The van der Waals surface area contributed by atoms with Crippen LogP contribution in [0.3, 0.4) is 0 Å². The van der Waals surface area contributed by atoms with E-state index in [1.807, 2.05) is 0 Å². The van der Waals surface area contributed by atoms with Crippen molar-refractivity contribution >= 4 is 40.2 Å². The Bertz CT molecular complexity index is 876. The summed E-state index contributed by atoms with van der Waals surface area (Å²) in [5.74, 6) is -2.40. The van der Waals surface area contributed by atoms with Crippen LogP contribution in [0.15, 0.2) is 53.4 Å². The predicted octanol–water partition coefficient (Wildman–Crippen LogP) is 2.59. The first-order chi connectivity index (χ1) is 12.2. The number of ether oxygens (including phenoxy) is 1. The SMILES string of the molecule is O=C(O)C(Oc1ccccc1F)C(S)CNS(=O)(=O)c1ccc(Cl)cc1. The highest BCUT2D eigenvalue weighted by Gasteiger charge is 2.30. The molecule has 0 spiro atoms. The van der Waals surface area contributed by atoms with E-state index in [0.717, 1.165) is 6.07 Å². The van der Waals surface area contributed by atoms with E-state index in [9.17, 15) is 22.7 Å². The maximum atomic E-state index is 13.6. The summed E-state index contributed by atoms with van der Waals surface area (Å²) in [4.78, 5) is 11.4. The van der Waals surface area contributed by atoms with Crippen LogP contribution in [0.5, 0.6) is 5.75 Å². The molecule has 2 aromatic rings. The molecule has 0 amide bonds. The smallest absolute Gasteiger partial charge is 0.346 e. The van der Waals surface area contributed by atoms with E-state index >= 15 is 0 Å². The molecule has 2 rings (SSSR count). The molecule has 0 aliphatic carbocycles. The Hall–Kier alpha value is -1.81. The average molecular weight is 420 g/mol. The number of sulfonamides is 1. The van der Waals surface area contributed by atoms with Crippen molar-refractivity contribution in [2.45, 2.75) is 16.2 Å². The second-order valence-corrected chi connectivity index (χ2v) is 8.05. The van der Waals surface area contributed by atoms with Gasteiger partial charge in [-0.25, -0.2) is 22.3 Å². The minimum absolute atomic E-state index is 0.0377. The highest BCUT2D eigenvalue weighted by molar-refractivity contribution is 7.89. The Morgan fingerprint density at radius 1 is 1.23 bits per heavy atom. The molecule has 2 atom stereocenters. The molecule has 0 saturated heterocycles. The van der Waals surface area contributed by atoms with Gasteiger partial charge in [0.05, 0.1) is 10.1 Å². The van der Waals surface area contributed by atoms with Crippen molar-refractivity contribution in [3.8, 4) is 5.75 Å². The molecule has 140 valence electrons. The van der Waals surface area contributed by atoms with Gasteiger partial charge in [-0.1, -0.05) is 23.7 Å². The van der Waals surface area contributed by atoms with E-state index in [1.165, 1.54) is 42.5 Å². The van der Waals surface area contributed by atoms with Gasteiger partial charge in [0.2, 0.25) is 16.1 Å². The second-order valence-electron chi connectivity index (χ2n) is 5.18. The topological polar surface area (TPSA) is 92.7 Å². The molecule has 0 aliphatic rings. The molecular weight excluding hydrogens is 405 g/mol. The summed E-state index contributed by atoms with van der Waals surface area (Å²) in [5, 5.41) is 8.59. The normalized spacial score (nSPS) is 13.8. The first-order valence-corrected chi connectivity index (χ1v) is 9.66. The van der Waals surface area contributed by atoms with E-state index in [-0.39, 0.29) is 17.2 Å². The summed E-state index contributed by atoms with van der Waals surface area (Å²) in [5.41, 5.74) is 0. The maximum absolute atomic E-state index is 13.6. The molecule has 0 aliphatic heterocycles. The second kappa shape index (κ2) is 8.72. The number of para-hydroxylation sites is 1. The summed E-state index contributed by atoms with van der Waals surface area (Å²) in [7, 11) is -3.89. The number of hydrogen-bond acceptors (Lipinski definition) is 5. The van der Waals surface area contributed by atoms with Crippen molar-refractivity contribution in [2.24, 2.45) is 0 Å². The number of rotatable bonds is 8. The Morgan fingerprint density at radius 2 is 1.85 bits per heavy atom. The zero-order valence-electron chi connectivity index (χ0n) is 13.2. The van der Waals surface area contributed by atoms with E-state index in [4.69, 9.17) is 16.3 Å². The summed E-state index contributed by atoms with van der Waals surface area (Å²) < 4.78 is 45.5. The van der Waals surface area contributed by atoms with Gasteiger partial charge in [0.15, 0.2) is 11.6 Å². The number of hydrogen-bond donors (Lipinski definition) is 3. The van der Waals surface area contributed by atoms with E-state index < -0.39 is 33.2 Å². The molecule has 2 aromatic carbocycles. The fraction of sp³-hybridized carbons (Fsp3) is 0.188. The highest BCUT2D eigenvalue weighted by Crippen LogP contribution is 2.20. The molecular formula is C16H15ClFNO5S2. The van der Waals surface area contributed by atoms with Crippen molar-refractivity contribution in [3.05, 3.63) is 59.4 Å². The fourth-order valence-electron chi connectivity index (χ4n) is 1.97. The third-order valence-electron chi connectivity index (χ3n) is 3.29. The number of aliphatic carboxylic acids is 1. The molecule has 0 aromatic heterocycles. The van der Waals surface area contributed by atoms with Gasteiger partial charge >= 0.3 is 5.97 Å². The van der Waals surface area contributed by atoms with Crippen LogP contribution < -0.4 is 9.46 Å². The quantitative estimate of drug-likeness (QED) is 0.572. The van der Waals surface area contributed by atoms with Crippen LogP contribution in [0.4, 0.5) is 4.39 Å². The molecule has 0 heterocycles. The lowest BCUT2D eigenvalue weighted by atomic mass is 10.2. The van der Waals surface area contributed by atoms with E-state index in [0.29, 0.717) is 5.02 Å². The fourth-order valence-corrected chi connectivity index (χ4v) is 3.56. The predicted molar refractivity (Wildman–Crippen MR) is 97.9 cm³/mol. The Kier molecular flexibility index (Phi) is 6.87. The van der Waals surface area contributed by atoms with E-state index in [1.54, 1.807) is 0 Å². The number of carboxylic acid groups (broad SMARTS) is 1.